The van der Waals surface area contributed by atoms with Gasteiger partial charge in [0, 0.05) is 6.54 Å². The minimum atomic E-state index is 0.549. The van der Waals surface area contributed by atoms with E-state index >= 15 is 0 Å². The fourth-order valence-electron chi connectivity index (χ4n) is 3.59. The standard InChI is InChI=1S/C12H18ClN3S/c1-16(7-11-14-15-12(13)17-11)6-10-5-8-2-3-9(10)4-8/h8-10H,2-7H2,1H3. The molecule has 2 aliphatic carbocycles. The first kappa shape index (κ1) is 11.9. The fraction of sp³-hybridized carbons (Fsp3) is 0.833. The number of hydrogen-bond donors (Lipinski definition) is 0. The summed E-state index contributed by atoms with van der Waals surface area (Å²) in [6, 6.07) is 0. The molecular formula is C12H18ClN3S. The second kappa shape index (κ2) is 4.82. The van der Waals surface area contributed by atoms with Gasteiger partial charge in [0.1, 0.15) is 5.01 Å². The zero-order valence-electron chi connectivity index (χ0n) is 10.1. The van der Waals surface area contributed by atoms with Crippen LogP contribution in [0.4, 0.5) is 0 Å². The van der Waals surface area contributed by atoms with Crippen LogP contribution in [0, 0.1) is 17.8 Å². The van der Waals surface area contributed by atoms with Gasteiger partial charge in [-0.3, -0.25) is 4.90 Å². The molecule has 3 rings (SSSR count). The van der Waals surface area contributed by atoms with Crippen LogP contribution >= 0.6 is 22.9 Å². The predicted molar refractivity (Wildman–Crippen MR) is 70.2 cm³/mol. The Morgan fingerprint density at radius 1 is 1.35 bits per heavy atom. The lowest BCUT2D eigenvalue weighted by molar-refractivity contribution is 0.214. The van der Waals surface area contributed by atoms with Crippen LogP contribution in [0.15, 0.2) is 0 Å². The van der Waals surface area contributed by atoms with Crippen LogP contribution in [0.25, 0.3) is 0 Å². The van der Waals surface area contributed by atoms with Gasteiger partial charge in [-0.25, -0.2) is 0 Å². The monoisotopic (exact) mass is 271 g/mol. The average molecular weight is 272 g/mol. The summed E-state index contributed by atoms with van der Waals surface area (Å²) in [6.45, 7) is 2.09. The van der Waals surface area contributed by atoms with E-state index in [2.05, 4.69) is 22.1 Å². The molecule has 0 N–H and O–H groups in total. The normalized spacial score (nSPS) is 31.6. The van der Waals surface area contributed by atoms with Crippen molar-refractivity contribution in [3.8, 4) is 0 Å². The molecule has 2 bridgehead atoms. The molecule has 94 valence electrons. The van der Waals surface area contributed by atoms with Crippen molar-refractivity contribution in [2.24, 2.45) is 17.8 Å². The molecule has 5 heteroatoms. The Morgan fingerprint density at radius 3 is 2.82 bits per heavy atom. The van der Waals surface area contributed by atoms with Gasteiger partial charge in [-0.2, -0.15) is 0 Å². The first-order chi connectivity index (χ1) is 8.20. The zero-order valence-corrected chi connectivity index (χ0v) is 11.7. The predicted octanol–water partition coefficient (Wildman–Crippen LogP) is 3.06. The van der Waals surface area contributed by atoms with Crippen molar-refractivity contribution in [1.82, 2.24) is 15.1 Å². The molecule has 1 aromatic rings. The quantitative estimate of drug-likeness (QED) is 0.843. The summed E-state index contributed by atoms with van der Waals surface area (Å²) in [4.78, 5) is 2.38. The highest BCUT2D eigenvalue weighted by atomic mass is 35.5. The first-order valence-corrected chi connectivity index (χ1v) is 7.56. The maximum absolute atomic E-state index is 5.79. The first-order valence-electron chi connectivity index (χ1n) is 6.37. The van der Waals surface area contributed by atoms with E-state index in [1.165, 1.54) is 43.6 Å². The summed E-state index contributed by atoms with van der Waals surface area (Å²) in [6.07, 6.45) is 5.89. The van der Waals surface area contributed by atoms with Gasteiger partial charge < -0.3 is 0 Å². The topological polar surface area (TPSA) is 29.0 Å². The van der Waals surface area contributed by atoms with E-state index in [0.717, 1.165) is 29.3 Å². The molecule has 3 atom stereocenters. The van der Waals surface area contributed by atoms with Gasteiger partial charge >= 0.3 is 0 Å². The minimum absolute atomic E-state index is 0.549. The Bertz CT molecular complexity index is 395. The van der Waals surface area contributed by atoms with Gasteiger partial charge in [0.15, 0.2) is 0 Å². The summed E-state index contributed by atoms with van der Waals surface area (Å²) in [5.41, 5.74) is 0. The number of nitrogens with zero attached hydrogens (tertiary/aromatic N) is 3. The van der Waals surface area contributed by atoms with Gasteiger partial charge in [0.05, 0.1) is 6.54 Å². The maximum atomic E-state index is 5.79. The molecule has 17 heavy (non-hydrogen) atoms. The van der Waals surface area contributed by atoms with Crippen molar-refractivity contribution >= 4 is 22.9 Å². The number of aromatic nitrogens is 2. The molecule has 0 amide bonds. The van der Waals surface area contributed by atoms with Crippen molar-refractivity contribution in [2.45, 2.75) is 32.2 Å². The Balaban J connectivity index is 1.52. The van der Waals surface area contributed by atoms with Crippen LogP contribution in [0.5, 0.6) is 0 Å². The van der Waals surface area contributed by atoms with E-state index in [9.17, 15) is 0 Å². The van der Waals surface area contributed by atoms with Gasteiger partial charge in [-0.15, -0.1) is 10.2 Å². The minimum Gasteiger partial charge on any atom is -0.299 e. The Labute approximate surface area is 111 Å². The highest BCUT2D eigenvalue weighted by Crippen LogP contribution is 2.48. The summed E-state index contributed by atoms with van der Waals surface area (Å²) >= 11 is 7.28. The SMILES string of the molecule is CN(Cc1nnc(Cl)s1)CC1CC2CCC1C2. The van der Waals surface area contributed by atoms with Crippen molar-refractivity contribution in [1.29, 1.82) is 0 Å². The van der Waals surface area contributed by atoms with E-state index in [1.807, 2.05) is 0 Å². The molecule has 3 unspecified atom stereocenters. The molecule has 1 heterocycles. The molecule has 2 aliphatic rings. The van der Waals surface area contributed by atoms with Crippen LogP contribution in [0.1, 0.15) is 30.7 Å². The van der Waals surface area contributed by atoms with Gasteiger partial charge in [0.2, 0.25) is 4.47 Å². The number of rotatable bonds is 4. The Morgan fingerprint density at radius 2 is 2.24 bits per heavy atom. The van der Waals surface area contributed by atoms with E-state index in [4.69, 9.17) is 11.6 Å². The van der Waals surface area contributed by atoms with Crippen LogP contribution < -0.4 is 0 Å². The van der Waals surface area contributed by atoms with E-state index in [1.54, 1.807) is 0 Å². The summed E-state index contributed by atoms with van der Waals surface area (Å²) in [5, 5.41) is 8.95. The van der Waals surface area contributed by atoms with Crippen molar-refractivity contribution < 1.29 is 0 Å². The van der Waals surface area contributed by atoms with Crippen molar-refractivity contribution in [2.75, 3.05) is 13.6 Å². The van der Waals surface area contributed by atoms with Crippen molar-refractivity contribution in [3.63, 3.8) is 0 Å². The molecule has 3 nitrogen and oxygen atoms in total. The van der Waals surface area contributed by atoms with Crippen LogP contribution in [-0.4, -0.2) is 28.7 Å². The summed E-state index contributed by atoms with van der Waals surface area (Å²) in [5.74, 6) is 2.96. The Hall–Kier alpha value is -0.190. The molecule has 2 fully saturated rings. The third-order valence-corrected chi connectivity index (χ3v) is 5.28. The largest absolute Gasteiger partial charge is 0.299 e. The molecule has 0 spiro atoms. The van der Waals surface area contributed by atoms with Gasteiger partial charge in [0.25, 0.3) is 0 Å². The molecule has 0 aliphatic heterocycles. The van der Waals surface area contributed by atoms with E-state index in [-0.39, 0.29) is 0 Å². The van der Waals surface area contributed by atoms with Crippen LogP contribution in [0.3, 0.4) is 0 Å². The third kappa shape index (κ3) is 2.64. The molecule has 2 saturated carbocycles. The fourth-order valence-corrected chi connectivity index (χ4v) is 4.54. The number of hydrogen-bond acceptors (Lipinski definition) is 4. The lowest BCUT2D eigenvalue weighted by Gasteiger charge is -2.26. The van der Waals surface area contributed by atoms with E-state index < -0.39 is 0 Å². The number of halogens is 1. The maximum Gasteiger partial charge on any atom is 0.207 e. The molecule has 0 saturated heterocycles. The third-order valence-electron chi connectivity index (χ3n) is 4.28. The van der Waals surface area contributed by atoms with E-state index in [0.29, 0.717) is 4.47 Å². The van der Waals surface area contributed by atoms with Gasteiger partial charge in [-0.1, -0.05) is 17.8 Å². The highest BCUT2D eigenvalue weighted by Gasteiger charge is 2.39. The summed E-state index contributed by atoms with van der Waals surface area (Å²) < 4.78 is 0.549. The smallest absolute Gasteiger partial charge is 0.207 e. The lowest BCUT2D eigenvalue weighted by atomic mass is 9.88. The molecular weight excluding hydrogens is 254 g/mol. The highest BCUT2D eigenvalue weighted by molar-refractivity contribution is 7.15. The number of fused-ring (bicyclic) bond motifs is 2. The second-order valence-corrected chi connectivity index (χ2v) is 7.22. The molecule has 1 aromatic heterocycles. The van der Waals surface area contributed by atoms with Gasteiger partial charge in [-0.05, 0) is 55.7 Å². The van der Waals surface area contributed by atoms with Crippen LogP contribution in [-0.2, 0) is 6.54 Å². The summed E-state index contributed by atoms with van der Waals surface area (Å²) in [7, 11) is 2.18. The molecule has 0 aromatic carbocycles. The van der Waals surface area contributed by atoms with Crippen molar-refractivity contribution in [3.05, 3.63) is 9.47 Å². The Kier molecular flexibility index (Phi) is 3.37. The average Bonchev–Trinajstić information content (AvgIpc) is 2.95. The van der Waals surface area contributed by atoms with Crippen LogP contribution in [0.2, 0.25) is 4.47 Å². The zero-order chi connectivity index (χ0) is 11.8. The second-order valence-electron chi connectivity index (χ2n) is 5.58. The lowest BCUT2D eigenvalue weighted by Crippen LogP contribution is -2.28. The molecule has 0 radical (unpaired) electrons.